The molecule has 5 aromatic rings. The van der Waals surface area contributed by atoms with Crippen LogP contribution < -0.4 is 21.0 Å². The van der Waals surface area contributed by atoms with Crippen LogP contribution in [-0.4, -0.2) is 88.6 Å². The summed E-state index contributed by atoms with van der Waals surface area (Å²) in [5, 5.41) is 13.6. The van der Waals surface area contributed by atoms with E-state index in [-0.39, 0.29) is 23.1 Å². The standard InChI is InChI=1S/C45H57IN8O5Si/c1-9-16-33(25-28-58-60(45(5,6)7,34-17-12-10-13-18-34)35-19-14-11-15-20-35)48-40-38-37(49-41(50-40)51-42(55)57-8)39(46)52-54(38)30-31-21-22-36(47-29-31)32-23-26-53(27-24-32)43(56)59-44(2,3)4/h10-15,17-23,29,33H,9,16,24-28,30H2,1-8H3,(H2,48,49,50,51,55)/t33-/m0/s1. The Morgan fingerprint density at radius 1 is 0.933 bits per heavy atom. The van der Waals surface area contributed by atoms with Gasteiger partial charge >= 0.3 is 12.2 Å². The lowest BCUT2D eigenvalue weighted by molar-refractivity contribution is 0.0270. The molecule has 60 heavy (non-hydrogen) atoms. The maximum atomic E-state index is 12.6. The number of benzene rings is 2. The van der Waals surface area contributed by atoms with E-state index in [1.807, 2.05) is 49.9 Å². The molecule has 2 aromatic carbocycles. The molecule has 6 rings (SSSR count). The van der Waals surface area contributed by atoms with Crippen molar-refractivity contribution in [2.24, 2.45) is 0 Å². The fourth-order valence-corrected chi connectivity index (χ4v) is 12.9. The predicted molar refractivity (Wildman–Crippen MR) is 248 cm³/mol. The lowest BCUT2D eigenvalue weighted by Gasteiger charge is -2.43. The Kier molecular flexibility index (Phi) is 14.3. The van der Waals surface area contributed by atoms with Crippen LogP contribution in [0.1, 0.15) is 85.4 Å². The zero-order chi connectivity index (χ0) is 43.1. The smallest absolute Gasteiger partial charge is 0.413 e. The lowest BCUT2D eigenvalue weighted by Crippen LogP contribution is -2.66. The van der Waals surface area contributed by atoms with E-state index in [0.29, 0.717) is 59.6 Å². The quantitative estimate of drug-likeness (QED) is 0.0820. The summed E-state index contributed by atoms with van der Waals surface area (Å²) in [6.07, 6.45) is 6.12. The summed E-state index contributed by atoms with van der Waals surface area (Å²) in [4.78, 5) is 41.0. The molecule has 318 valence electrons. The third kappa shape index (κ3) is 10.5. The van der Waals surface area contributed by atoms with Crippen molar-refractivity contribution in [3.05, 3.63) is 100 Å². The first kappa shape index (κ1) is 44.7. The van der Waals surface area contributed by atoms with Gasteiger partial charge in [-0.25, -0.2) is 14.6 Å². The summed E-state index contributed by atoms with van der Waals surface area (Å²) >= 11 is 2.18. The van der Waals surface area contributed by atoms with Gasteiger partial charge in [-0.1, -0.05) is 107 Å². The number of carbonyl (C=O) groups excluding carboxylic acids is 2. The number of amides is 2. The molecule has 13 nitrogen and oxygen atoms in total. The van der Waals surface area contributed by atoms with Crippen molar-refractivity contribution >= 4 is 81.8 Å². The number of fused-ring (bicyclic) bond motifs is 1. The molecule has 1 atom stereocenters. The van der Waals surface area contributed by atoms with Crippen molar-refractivity contribution in [2.45, 2.75) is 97.4 Å². The van der Waals surface area contributed by atoms with E-state index in [9.17, 15) is 9.59 Å². The average Bonchev–Trinajstić information content (AvgIpc) is 3.53. The van der Waals surface area contributed by atoms with Crippen molar-refractivity contribution in [3.8, 4) is 0 Å². The molecule has 2 amide bonds. The Hall–Kier alpha value is -4.87. The molecule has 0 spiro atoms. The van der Waals surface area contributed by atoms with Crippen molar-refractivity contribution in [3.63, 3.8) is 0 Å². The van der Waals surface area contributed by atoms with E-state index in [1.54, 1.807) is 4.90 Å². The molecule has 1 aliphatic rings. The molecule has 0 saturated heterocycles. The fourth-order valence-electron chi connectivity index (χ4n) is 7.68. The maximum absolute atomic E-state index is 12.6. The number of pyridine rings is 1. The van der Waals surface area contributed by atoms with Gasteiger partial charge in [-0.15, -0.1) is 0 Å². The van der Waals surface area contributed by atoms with Gasteiger partial charge in [-0.05, 0) is 95.2 Å². The predicted octanol–water partition coefficient (Wildman–Crippen LogP) is 8.62. The monoisotopic (exact) mass is 944 g/mol. The Morgan fingerprint density at radius 2 is 1.62 bits per heavy atom. The Balaban J connectivity index is 1.26. The maximum Gasteiger partial charge on any atom is 0.413 e. The van der Waals surface area contributed by atoms with E-state index in [1.165, 1.54) is 17.5 Å². The number of ether oxygens (including phenoxy) is 2. The number of hydrogen-bond acceptors (Lipinski definition) is 10. The number of nitrogens with one attached hydrogen (secondary N) is 2. The second kappa shape index (κ2) is 19.2. The van der Waals surface area contributed by atoms with Crippen molar-refractivity contribution in [1.29, 1.82) is 0 Å². The molecule has 0 saturated carbocycles. The molecule has 15 heteroatoms. The molecule has 0 unspecified atom stereocenters. The third-order valence-corrected chi connectivity index (χ3v) is 16.2. The number of anilines is 2. The number of aromatic nitrogens is 5. The highest BCUT2D eigenvalue weighted by molar-refractivity contribution is 14.1. The van der Waals surface area contributed by atoms with Crippen LogP contribution in [0, 0.1) is 3.70 Å². The zero-order valence-electron chi connectivity index (χ0n) is 35.9. The van der Waals surface area contributed by atoms with Gasteiger partial charge in [0, 0.05) is 31.9 Å². The SMILES string of the molecule is CCC[C@@H](CCO[Si](c1ccccc1)(c1ccccc1)C(C)(C)C)Nc1nc(NC(=O)OC)nc2c(I)nn(Cc3ccc(C4=CCN(C(=O)OC(C)(C)C)CC4)nc3)c12. The van der Waals surface area contributed by atoms with Gasteiger partial charge in [0.2, 0.25) is 5.95 Å². The highest BCUT2D eigenvalue weighted by Gasteiger charge is 2.50. The van der Waals surface area contributed by atoms with E-state index >= 15 is 0 Å². The summed E-state index contributed by atoms with van der Waals surface area (Å²) in [6, 6.07) is 25.4. The Labute approximate surface area is 368 Å². The van der Waals surface area contributed by atoms with Crippen molar-refractivity contribution in [1.82, 2.24) is 29.6 Å². The summed E-state index contributed by atoms with van der Waals surface area (Å²) in [5.74, 6) is 0.669. The largest absolute Gasteiger partial charge is 0.453 e. The zero-order valence-corrected chi connectivity index (χ0v) is 39.1. The van der Waals surface area contributed by atoms with Gasteiger partial charge in [0.15, 0.2) is 5.82 Å². The number of methoxy groups -OCH3 is 1. The third-order valence-electron chi connectivity index (χ3n) is 10.5. The first-order valence-electron chi connectivity index (χ1n) is 20.5. The first-order chi connectivity index (χ1) is 28.6. The minimum Gasteiger partial charge on any atom is -0.453 e. The normalized spacial score (nSPS) is 14.1. The van der Waals surface area contributed by atoms with Crippen LogP contribution in [0.3, 0.4) is 0 Å². The minimum atomic E-state index is -2.75. The molecule has 0 aliphatic carbocycles. The van der Waals surface area contributed by atoms with Gasteiger partial charge in [0.1, 0.15) is 20.3 Å². The number of nitrogens with zero attached hydrogens (tertiary/aromatic N) is 6. The molecular weight excluding hydrogens is 888 g/mol. The Bertz CT molecular complexity index is 2240. The van der Waals surface area contributed by atoms with Crippen LogP contribution in [0.25, 0.3) is 16.6 Å². The van der Waals surface area contributed by atoms with Gasteiger partial charge in [0.25, 0.3) is 8.32 Å². The summed E-state index contributed by atoms with van der Waals surface area (Å²) < 4.78 is 20.3. The molecule has 3 aromatic heterocycles. The minimum absolute atomic E-state index is 0.0192. The first-order valence-corrected chi connectivity index (χ1v) is 23.5. The van der Waals surface area contributed by atoms with Crippen molar-refractivity contribution in [2.75, 3.05) is 37.4 Å². The van der Waals surface area contributed by atoms with Crippen LogP contribution in [0.5, 0.6) is 0 Å². The topological polar surface area (TPSA) is 146 Å². The van der Waals surface area contributed by atoms with Gasteiger partial charge in [-0.2, -0.15) is 10.1 Å². The van der Waals surface area contributed by atoms with Crippen LogP contribution in [0.15, 0.2) is 85.1 Å². The fraction of sp³-hybridized carbons (Fsp3) is 0.422. The van der Waals surface area contributed by atoms with Gasteiger partial charge in [0.05, 0.1) is 19.3 Å². The Morgan fingerprint density at radius 3 is 2.17 bits per heavy atom. The molecule has 2 N–H and O–H groups in total. The molecule has 0 fully saturated rings. The van der Waals surface area contributed by atoms with Crippen molar-refractivity contribution < 1.29 is 23.5 Å². The van der Waals surface area contributed by atoms with Crippen LogP contribution >= 0.6 is 22.6 Å². The summed E-state index contributed by atoms with van der Waals surface area (Å²) in [5.41, 5.74) is 3.68. The second-order valence-corrected chi connectivity index (χ2v) is 22.4. The number of rotatable bonds is 14. The molecule has 0 bridgehead atoms. The van der Waals surface area contributed by atoms with Gasteiger partial charge in [-0.3, -0.25) is 15.0 Å². The average molecular weight is 945 g/mol. The van der Waals surface area contributed by atoms with Crippen LogP contribution in [0.4, 0.5) is 21.4 Å². The molecule has 0 radical (unpaired) electrons. The highest BCUT2D eigenvalue weighted by atomic mass is 127. The number of carbonyl (C=O) groups is 2. The second-order valence-electron chi connectivity index (χ2n) is 17.0. The van der Waals surface area contributed by atoms with Gasteiger partial charge < -0.3 is 24.1 Å². The van der Waals surface area contributed by atoms with E-state index in [2.05, 4.69) is 122 Å². The number of halogens is 1. The molecular formula is C45H57IN8O5Si. The summed E-state index contributed by atoms with van der Waals surface area (Å²) in [7, 11) is -1.44. The summed E-state index contributed by atoms with van der Waals surface area (Å²) in [6.45, 7) is 16.6. The molecule has 1 aliphatic heterocycles. The highest BCUT2D eigenvalue weighted by Crippen LogP contribution is 2.37. The molecule has 4 heterocycles. The van der Waals surface area contributed by atoms with E-state index in [0.717, 1.165) is 29.7 Å². The van der Waals surface area contributed by atoms with E-state index in [4.69, 9.17) is 34.0 Å². The van der Waals surface area contributed by atoms with Crippen LogP contribution in [0.2, 0.25) is 5.04 Å². The lowest BCUT2D eigenvalue weighted by atomic mass is 10.0. The number of hydrogen-bond donors (Lipinski definition) is 2. The van der Waals surface area contributed by atoms with Crippen LogP contribution in [-0.2, 0) is 20.4 Å². The van der Waals surface area contributed by atoms with E-state index < -0.39 is 20.0 Å².